The Hall–Kier alpha value is -0.240. The lowest BCUT2D eigenvalue weighted by molar-refractivity contribution is -0.177. The molecular formula is C11H8Cl4O6. The molecule has 3 aliphatic rings. The Morgan fingerprint density at radius 1 is 0.952 bits per heavy atom. The Morgan fingerprint density at radius 3 is 1.57 bits per heavy atom. The summed E-state index contributed by atoms with van der Waals surface area (Å²) in [5.74, 6) is -8.17. The summed E-state index contributed by atoms with van der Waals surface area (Å²) in [6.45, 7) is 0.131. The molecule has 2 aliphatic carbocycles. The van der Waals surface area contributed by atoms with E-state index in [2.05, 4.69) is 0 Å². The molecule has 1 heterocycles. The first-order valence-electron chi connectivity index (χ1n) is 5.84. The number of hydrogen-bond donors (Lipinski definition) is 2. The molecule has 0 amide bonds. The fourth-order valence-corrected chi connectivity index (χ4v) is 5.54. The molecule has 1 aliphatic heterocycles. The Kier molecular flexibility index (Phi) is 3.28. The highest BCUT2D eigenvalue weighted by molar-refractivity contribution is 6.53. The van der Waals surface area contributed by atoms with Gasteiger partial charge in [0.2, 0.25) is 5.79 Å². The van der Waals surface area contributed by atoms with E-state index in [0.717, 1.165) is 0 Å². The summed E-state index contributed by atoms with van der Waals surface area (Å²) >= 11 is 25.1. The SMILES string of the molecule is O=C(O)[C@@H]1[C@H](C(=O)O)[C@@]2(Cl)C(Cl)=C(Cl)[C@@]1(Cl)C21OCCO1. The van der Waals surface area contributed by atoms with Crippen LogP contribution in [0.2, 0.25) is 0 Å². The molecule has 0 aromatic rings. The third-order valence-electron chi connectivity index (χ3n) is 4.21. The molecule has 2 N–H and O–H groups in total. The predicted molar refractivity (Wildman–Crippen MR) is 72.8 cm³/mol. The van der Waals surface area contributed by atoms with E-state index in [1.807, 2.05) is 0 Å². The van der Waals surface area contributed by atoms with Crippen molar-refractivity contribution < 1.29 is 29.3 Å². The van der Waals surface area contributed by atoms with Crippen molar-refractivity contribution in [3.05, 3.63) is 10.1 Å². The largest absolute Gasteiger partial charge is 0.481 e. The van der Waals surface area contributed by atoms with Crippen molar-refractivity contribution in [2.45, 2.75) is 15.5 Å². The third kappa shape index (κ3) is 1.40. The van der Waals surface area contributed by atoms with Crippen LogP contribution in [0.4, 0.5) is 0 Å². The highest BCUT2D eigenvalue weighted by Gasteiger charge is 2.88. The Labute approximate surface area is 138 Å². The van der Waals surface area contributed by atoms with Gasteiger partial charge in [-0.15, -0.1) is 23.2 Å². The van der Waals surface area contributed by atoms with Crippen LogP contribution in [-0.4, -0.2) is 50.9 Å². The average Bonchev–Trinajstić information content (AvgIpc) is 2.98. The minimum atomic E-state index is -2.00. The van der Waals surface area contributed by atoms with E-state index in [1.165, 1.54) is 0 Å². The molecule has 116 valence electrons. The Balaban J connectivity index is 2.35. The second kappa shape index (κ2) is 4.40. The molecule has 1 saturated heterocycles. The Morgan fingerprint density at radius 2 is 1.29 bits per heavy atom. The van der Waals surface area contributed by atoms with Gasteiger partial charge in [0.05, 0.1) is 23.3 Å². The molecule has 0 aromatic carbocycles. The molecule has 1 spiro atoms. The van der Waals surface area contributed by atoms with Gasteiger partial charge in [-0.25, -0.2) is 0 Å². The number of carbonyl (C=O) groups is 2. The number of rotatable bonds is 2. The first-order valence-corrected chi connectivity index (χ1v) is 7.35. The smallest absolute Gasteiger partial charge is 0.309 e. The van der Waals surface area contributed by atoms with E-state index < -0.39 is 39.3 Å². The quantitative estimate of drug-likeness (QED) is 0.713. The van der Waals surface area contributed by atoms with Crippen molar-refractivity contribution in [1.82, 2.24) is 0 Å². The van der Waals surface area contributed by atoms with Crippen molar-refractivity contribution in [2.75, 3.05) is 13.2 Å². The van der Waals surface area contributed by atoms with Crippen LogP contribution in [0, 0.1) is 11.8 Å². The summed E-state index contributed by atoms with van der Waals surface area (Å²) in [6, 6.07) is 0. The van der Waals surface area contributed by atoms with Gasteiger partial charge in [-0.05, 0) is 0 Å². The number of carboxylic acid groups (broad SMARTS) is 2. The number of ether oxygens (including phenoxy) is 2. The van der Waals surface area contributed by atoms with E-state index >= 15 is 0 Å². The van der Waals surface area contributed by atoms with Crippen LogP contribution < -0.4 is 0 Å². The second-order valence-corrected chi connectivity index (χ2v) is 6.95. The van der Waals surface area contributed by atoms with Gasteiger partial charge in [0, 0.05) is 0 Å². The molecule has 0 unspecified atom stereocenters. The van der Waals surface area contributed by atoms with Gasteiger partial charge in [-0.3, -0.25) is 9.59 Å². The predicted octanol–water partition coefficient (Wildman–Crippen LogP) is 1.80. The van der Waals surface area contributed by atoms with Crippen LogP contribution in [0.5, 0.6) is 0 Å². The zero-order valence-corrected chi connectivity index (χ0v) is 13.1. The van der Waals surface area contributed by atoms with Crippen LogP contribution in [0.25, 0.3) is 0 Å². The summed E-state index contributed by atoms with van der Waals surface area (Å²) < 4.78 is 10.9. The van der Waals surface area contributed by atoms with Gasteiger partial charge < -0.3 is 19.7 Å². The first-order chi connectivity index (χ1) is 9.66. The van der Waals surface area contributed by atoms with Crippen molar-refractivity contribution in [2.24, 2.45) is 11.8 Å². The molecule has 21 heavy (non-hydrogen) atoms. The average molecular weight is 378 g/mol. The molecule has 4 atom stereocenters. The fraction of sp³-hybridized carbons (Fsp3) is 0.636. The minimum absolute atomic E-state index is 0.0654. The summed E-state index contributed by atoms with van der Waals surface area (Å²) in [7, 11) is 0. The molecule has 2 bridgehead atoms. The van der Waals surface area contributed by atoms with E-state index in [1.54, 1.807) is 0 Å². The van der Waals surface area contributed by atoms with Gasteiger partial charge >= 0.3 is 11.9 Å². The lowest BCUT2D eigenvalue weighted by Gasteiger charge is -2.38. The Bertz CT molecular complexity index is 541. The number of halogens is 4. The second-order valence-electron chi connectivity index (χ2n) is 5.00. The van der Waals surface area contributed by atoms with E-state index in [-0.39, 0.29) is 23.3 Å². The molecular weight excluding hydrogens is 370 g/mol. The molecule has 2 fully saturated rings. The van der Waals surface area contributed by atoms with Crippen molar-refractivity contribution >= 4 is 58.3 Å². The van der Waals surface area contributed by atoms with E-state index in [9.17, 15) is 19.8 Å². The van der Waals surface area contributed by atoms with Crippen molar-refractivity contribution in [3.8, 4) is 0 Å². The van der Waals surface area contributed by atoms with Crippen LogP contribution in [0.1, 0.15) is 0 Å². The number of hydrogen-bond acceptors (Lipinski definition) is 4. The van der Waals surface area contributed by atoms with Crippen molar-refractivity contribution in [1.29, 1.82) is 0 Å². The maximum atomic E-state index is 11.6. The third-order valence-corrected chi connectivity index (χ3v) is 6.82. The first kappa shape index (κ1) is 15.6. The topological polar surface area (TPSA) is 93.1 Å². The van der Waals surface area contributed by atoms with E-state index in [0.29, 0.717) is 0 Å². The lowest BCUT2D eigenvalue weighted by atomic mass is 9.82. The number of aliphatic carboxylic acids is 2. The van der Waals surface area contributed by atoms with Gasteiger partial charge in [0.25, 0.3) is 0 Å². The van der Waals surface area contributed by atoms with Gasteiger partial charge in [-0.2, -0.15) is 0 Å². The lowest BCUT2D eigenvalue weighted by Crippen LogP contribution is -2.56. The summed E-state index contributed by atoms with van der Waals surface area (Å²) in [4.78, 5) is 19.2. The van der Waals surface area contributed by atoms with Gasteiger partial charge in [-0.1, -0.05) is 23.2 Å². The summed E-state index contributed by atoms with van der Waals surface area (Å²) in [5.41, 5.74) is 0. The standard InChI is InChI=1S/C11H8Cl4O6/c12-5-6(13)10(15)4(8(18)19)3(7(16)17)9(5,14)11(10)20-1-2-21-11/h3-4H,1-2H2,(H,16,17)(H,18,19)/t3-,4+,9-,10-/m1/s1. The van der Waals surface area contributed by atoms with Crippen LogP contribution in [0.3, 0.4) is 0 Å². The monoisotopic (exact) mass is 376 g/mol. The van der Waals surface area contributed by atoms with Crippen LogP contribution in [0.15, 0.2) is 10.1 Å². The van der Waals surface area contributed by atoms with Gasteiger partial charge in [0.15, 0.2) is 9.75 Å². The van der Waals surface area contributed by atoms with Gasteiger partial charge in [0.1, 0.15) is 11.8 Å². The highest BCUT2D eigenvalue weighted by atomic mass is 35.5. The molecule has 6 nitrogen and oxygen atoms in total. The molecule has 3 rings (SSSR count). The summed E-state index contributed by atoms with van der Waals surface area (Å²) in [6.07, 6.45) is 0. The summed E-state index contributed by atoms with van der Waals surface area (Å²) in [5, 5.41) is 18.4. The zero-order chi connectivity index (χ0) is 15.8. The van der Waals surface area contributed by atoms with Crippen LogP contribution >= 0.6 is 46.4 Å². The molecule has 10 heteroatoms. The fourth-order valence-electron chi connectivity index (χ4n) is 3.47. The minimum Gasteiger partial charge on any atom is -0.481 e. The zero-order valence-electron chi connectivity index (χ0n) is 10.1. The van der Waals surface area contributed by atoms with E-state index in [4.69, 9.17) is 55.9 Å². The maximum absolute atomic E-state index is 11.6. The number of alkyl halides is 2. The number of carboxylic acids is 2. The highest BCUT2D eigenvalue weighted by Crippen LogP contribution is 2.74. The molecule has 0 aromatic heterocycles. The maximum Gasteiger partial charge on any atom is 0.309 e. The normalized spacial score (nSPS) is 43.8. The molecule has 0 radical (unpaired) electrons. The van der Waals surface area contributed by atoms with Crippen LogP contribution in [-0.2, 0) is 19.1 Å². The molecule has 1 saturated carbocycles. The van der Waals surface area contributed by atoms with Crippen molar-refractivity contribution in [3.63, 3.8) is 0 Å².